The van der Waals surface area contributed by atoms with E-state index in [1.165, 1.54) is 19.3 Å². The quantitative estimate of drug-likeness (QED) is 0.939. The van der Waals surface area contributed by atoms with Gasteiger partial charge in [-0.15, -0.1) is 10.2 Å². The minimum absolute atomic E-state index is 0.707. The number of aryl methyl sites for hydroxylation is 2. The van der Waals surface area contributed by atoms with Crippen molar-refractivity contribution in [1.82, 2.24) is 14.8 Å². The largest absolute Gasteiger partial charge is 0.496 e. The molecule has 5 nitrogen and oxygen atoms in total. The smallest absolute Gasteiger partial charge is 0.152 e. The second-order valence-electron chi connectivity index (χ2n) is 5.53. The van der Waals surface area contributed by atoms with Crippen molar-refractivity contribution in [2.45, 2.75) is 45.7 Å². The summed E-state index contributed by atoms with van der Waals surface area (Å²) in [5, 5.41) is 12.1. The average molecular weight is 286 g/mol. The summed E-state index contributed by atoms with van der Waals surface area (Å²) in [5.74, 6) is 3.08. The molecule has 0 saturated heterocycles. The lowest BCUT2D eigenvalue weighted by atomic mass is 10.2. The molecule has 1 N–H and O–H groups in total. The van der Waals surface area contributed by atoms with E-state index in [0.717, 1.165) is 41.6 Å². The number of anilines is 1. The second kappa shape index (κ2) is 6.16. The highest BCUT2D eigenvalue weighted by Crippen LogP contribution is 2.22. The van der Waals surface area contributed by atoms with Crippen LogP contribution in [0.2, 0.25) is 0 Å². The van der Waals surface area contributed by atoms with Crippen LogP contribution >= 0.6 is 0 Å². The summed E-state index contributed by atoms with van der Waals surface area (Å²) in [6, 6.07) is 6.12. The fourth-order valence-corrected chi connectivity index (χ4v) is 2.85. The topological polar surface area (TPSA) is 52.0 Å². The van der Waals surface area contributed by atoms with Gasteiger partial charge in [0.05, 0.1) is 13.7 Å². The summed E-state index contributed by atoms with van der Waals surface area (Å²) in [6.45, 7) is 3.80. The predicted octanol–water partition coefficient (Wildman–Crippen LogP) is 2.93. The lowest BCUT2D eigenvalue weighted by Gasteiger charge is -2.11. The zero-order chi connectivity index (χ0) is 14.7. The van der Waals surface area contributed by atoms with Gasteiger partial charge in [-0.3, -0.25) is 0 Å². The Bertz CT molecular complexity index is 621. The number of nitrogens with zero attached hydrogens (tertiary/aromatic N) is 3. The summed E-state index contributed by atoms with van der Waals surface area (Å²) < 4.78 is 7.56. The Morgan fingerprint density at radius 1 is 1.24 bits per heavy atom. The predicted molar refractivity (Wildman–Crippen MR) is 82.6 cm³/mol. The molecule has 2 aromatic rings. The van der Waals surface area contributed by atoms with Crippen molar-refractivity contribution in [3.8, 4) is 5.75 Å². The molecule has 1 aliphatic rings. The highest BCUT2D eigenvalue weighted by Gasteiger charge is 2.14. The van der Waals surface area contributed by atoms with E-state index in [4.69, 9.17) is 4.74 Å². The van der Waals surface area contributed by atoms with Crippen molar-refractivity contribution in [3.63, 3.8) is 0 Å². The van der Waals surface area contributed by atoms with Gasteiger partial charge in [0.1, 0.15) is 11.6 Å². The summed E-state index contributed by atoms with van der Waals surface area (Å²) in [7, 11) is 1.70. The van der Waals surface area contributed by atoms with Crippen LogP contribution in [0.15, 0.2) is 18.2 Å². The van der Waals surface area contributed by atoms with Crippen LogP contribution in [0.1, 0.15) is 36.5 Å². The van der Waals surface area contributed by atoms with Crippen LogP contribution in [0.5, 0.6) is 5.75 Å². The first-order valence-electron chi connectivity index (χ1n) is 7.57. The molecule has 1 aromatic carbocycles. The summed E-state index contributed by atoms with van der Waals surface area (Å²) in [6.07, 6.45) is 4.78. The fourth-order valence-electron chi connectivity index (χ4n) is 2.85. The van der Waals surface area contributed by atoms with Gasteiger partial charge in [-0.2, -0.15) is 0 Å². The Morgan fingerprint density at radius 3 is 2.95 bits per heavy atom. The lowest BCUT2D eigenvalue weighted by molar-refractivity contribution is 0.412. The molecule has 0 spiro atoms. The van der Waals surface area contributed by atoms with Gasteiger partial charge in [0.2, 0.25) is 0 Å². The summed E-state index contributed by atoms with van der Waals surface area (Å²) >= 11 is 0. The average Bonchev–Trinajstić information content (AvgIpc) is 2.72. The third kappa shape index (κ3) is 3.01. The molecule has 0 fully saturated rings. The molecule has 1 aliphatic heterocycles. The van der Waals surface area contributed by atoms with Gasteiger partial charge in [-0.25, -0.2) is 0 Å². The maximum atomic E-state index is 5.28. The maximum absolute atomic E-state index is 5.28. The van der Waals surface area contributed by atoms with Crippen LogP contribution in [-0.4, -0.2) is 21.9 Å². The summed E-state index contributed by atoms with van der Waals surface area (Å²) in [5.41, 5.74) is 2.21. The van der Waals surface area contributed by atoms with E-state index < -0.39 is 0 Å². The normalized spacial score (nSPS) is 14.4. The Balaban J connectivity index is 1.70. The molecule has 1 aromatic heterocycles. The molecule has 3 rings (SSSR count). The molecule has 0 aliphatic carbocycles. The second-order valence-corrected chi connectivity index (χ2v) is 5.53. The maximum Gasteiger partial charge on any atom is 0.152 e. The van der Waals surface area contributed by atoms with E-state index in [2.05, 4.69) is 26.1 Å². The highest BCUT2D eigenvalue weighted by atomic mass is 16.5. The number of nitrogens with one attached hydrogen (secondary N) is 1. The first-order chi connectivity index (χ1) is 10.3. The van der Waals surface area contributed by atoms with Crippen molar-refractivity contribution in [2.75, 3.05) is 12.4 Å². The molecular formula is C16H22N4O. The van der Waals surface area contributed by atoms with Crippen LogP contribution in [0.4, 0.5) is 5.69 Å². The SMILES string of the molecule is COc1ccc(NCc2nnc3n2CCCCC3)cc1C. The molecule has 0 bridgehead atoms. The van der Waals surface area contributed by atoms with Gasteiger partial charge >= 0.3 is 0 Å². The Kier molecular flexibility index (Phi) is 4.08. The third-order valence-corrected chi connectivity index (χ3v) is 4.03. The van der Waals surface area contributed by atoms with Gasteiger partial charge in [-0.1, -0.05) is 6.42 Å². The van der Waals surface area contributed by atoms with Crippen molar-refractivity contribution < 1.29 is 4.74 Å². The minimum Gasteiger partial charge on any atom is -0.496 e. The number of methoxy groups -OCH3 is 1. The van der Waals surface area contributed by atoms with E-state index in [1.807, 2.05) is 19.1 Å². The standard InChI is InChI=1S/C16H22N4O/c1-12-10-13(7-8-14(12)21-2)17-11-16-19-18-15-6-4-3-5-9-20(15)16/h7-8,10,17H,3-6,9,11H2,1-2H3. The van der Waals surface area contributed by atoms with E-state index in [1.54, 1.807) is 7.11 Å². The van der Waals surface area contributed by atoms with Crippen LogP contribution in [0, 0.1) is 6.92 Å². The van der Waals surface area contributed by atoms with Crippen molar-refractivity contribution in [1.29, 1.82) is 0 Å². The number of ether oxygens (including phenoxy) is 1. The number of fused-ring (bicyclic) bond motifs is 1. The minimum atomic E-state index is 0.707. The molecule has 2 heterocycles. The molecular weight excluding hydrogens is 264 g/mol. The number of aromatic nitrogens is 3. The van der Waals surface area contributed by atoms with Crippen LogP contribution in [0.25, 0.3) is 0 Å². The molecule has 5 heteroatoms. The monoisotopic (exact) mass is 286 g/mol. The fraction of sp³-hybridized carbons (Fsp3) is 0.500. The van der Waals surface area contributed by atoms with Gasteiger partial charge < -0.3 is 14.6 Å². The zero-order valence-corrected chi connectivity index (χ0v) is 12.7. The molecule has 0 radical (unpaired) electrons. The number of rotatable bonds is 4. The van der Waals surface area contributed by atoms with E-state index in [-0.39, 0.29) is 0 Å². The third-order valence-electron chi connectivity index (χ3n) is 4.03. The Morgan fingerprint density at radius 2 is 2.14 bits per heavy atom. The van der Waals surface area contributed by atoms with Gasteiger partial charge in [0, 0.05) is 18.7 Å². The van der Waals surface area contributed by atoms with Crippen LogP contribution in [0.3, 0.4) is 0 Å². The molecule has 21 heavy (non-hydrogen) atoms. The number of benzene rings is 1. The highest BCUT2D eigenvalue weighted by molar-refractivity contribution is 5.50. The first kappa shape index (κ1) is 13.9. The van der Waals surface area contributed by atoms with Crippen molar-refractivity contribution in [2.24, 2.45) is 0 Å². The number of hydrogen-bond acceptors (Lipinski definition) is 4. The van der Waals surface area contributed by atoms with Crippen LogP contribution < -0.4 is 10.1 Å². The molecule has 112 valence electrons. The van der Waals surface area contributed by atoms with Gasteiger partial charge in [0.15, 0.2) is 5.82 Å². The molecule has 0 saturated carbocycles. The van der Waals surface area contributed by atoms with E-state index in [0.29, 0.717) is 6.54 Å². The Hall–Kier alpha value is -2.04. The zero-order valence-electron chi connectivity index (χ0n) is 12.7. The van der Waals surface area contributed by atoms with E-state index in [9.17, 15) is 0 Å². The van der Waals surface area contributed by atoms with Crippen LogP contribution in [-0.2, 0) is 19.5 Å². The molecule has 0 amide bonds. The van der Waals surface area contributed by atoms with Crippen molar-refractivity contribution in [3.05, 3.63) is 35.4 Å². The Labute approximate surface area is 125 Å². The first-order valence-corrected chi connectivity index (χ1v) is 7.57. The number of hydrogen-bond donors (Lipinski definition) is 1. The lowest BCUT2D eigenvalue weighted by Crippen LogP contribution is -2.10. The van der Waals surface area contributed by atoms with Crippen molar-refractivity contribution >= 4 is 5.69 Å². The van der Waals surface area contributed by atoms with Gasteiger partial charge in [0.25, 0.3) is 0 Å². The van der Waals surface area contributed by atoms with E-state index >= 15 is 0 Å². The van der Waals surface area contributed by atoms with Gasteiger partial charge in [-0.05, 0) is 43.5 Å². The molecule has 0 atom stereocenters. The summed E-state index contributed by atoms with van der Waals surface area (Å²) in [4.78, 5) is 0. The molecule has 0 unspecified atom stereocenters.